The molecule has 8 nitrogen and oxygen atoms in total. The SMILES string of the molecule is N#Cc1ccc(N2CCC3(CC2)O[C@@H]2CC[C@@H](c4cc(F)cc(F)c4)N2C3=O)n2ncnc12. The lowest BCUT2D eigenvalue weighted by molar-refractivity contribution is -0.140. The number of amides is 1. The molecule has 1 aromatic carbocycles. The van der Waals surface area contributed by atoms with Crippen LogP contribution in [0.1, 0.15) is 42.9 Å². The fourth-order valence-corrected chi connectivity index (χ4v) is 5.46. The summed E-state index contributed by atoms with van der Waals surface area (Å²) in [7, 11) is 0. The van der Waals surface area contributed by atoms with E-state index in [1.165, 1.54) is 18.5 Å². The molecule has 3 saturated heterocycles. The van der Waals surface area contributed by atoms with Crippen LogP contribution in [0.4, 0.5) is 14.6 Å². The Labute approximate surface area is 188 Å². The number of pyridine rings is 1. The van der Waals surface area contributed by atoms with Crippen molar-refractivity contribution >= 4 is 17.4 Å². The Hall–Kier alpha value is -3.58. The third-order valence-corrected chi connectivity index (χ3v) is 7.01. The molecule has 2 atom stereocenters. The second kappa shape index (κ2) is 7.22. The molecule has 0 bridgehead atoms. The summed E-state index contributed by atoms with van der Waals surface area (Å²) in [5.74, 6) is -0.600. The van der Waals surface area contributed by atoms with Gasteiger partial charge in [0, 0.05) is 32.0 Å². The first-order valence-electron chi connectivity index (χ1n) is 10.9. The molecule has 3 aromatic rings. The Morgan fingerprint density at radius 3 is 2.61 bits per heavy atom. The second-order valence-corrected chi connectivity index (χ2v) is 8.77. The van der Waals surface area contributed by atoms with Crippen molar-refractivity contribution in [3.05, 3.63) is 59.4 Å². The molecular formula is C23H20F2N6O2. The van der Waals surface area contributed by atoms with Crippen LogP contribution in [0.25, 0.3) is 5.65 Å². The molecule has 3 aliphatic rings. The van der Waals surface area contributed by atoms with E-state index in [2.05, 4.69) is 21.1 Å². The summed E-state index contributed by atoms with van der Waals surface area (Å²) in [4.78, 5) is 21.5. The van der Waals surface area contributed by atoms with Crippen molar-refractivity contribution in [1.29, 1.82) is 5.26 Å². The third-order valence-electron chi connectivity index (χ3n) is 7.01. The number of halogens is 2. The summed E-state index contributed by atoms with van der Waals surface area (Å²) in [6.45, 7) is 1.12. The monoisotopic (exact) mass is 450 g/mol. The van der Waals surface area contributed by atoms with Gasteiger partial charge >= 0.3 is 0 Å². The Balaban J connectivity index is 1.24. The summed E-state index contributed by atoms with van der Waals surface area (Å²) >= 11 is 0. The molecule has 1 amide bonds. The summed E-state index contributed by atoms with van der Waals surface area (Å²) in [6.07, 6.45) is 3.25. The summed E-state index contributed by atoms with van der Waals surface area (Å²) < 4.78 is 35.6. The van der Waals surface area contributed by atoms with Gasteiger partial charge in [-0.25, -0.2) is 13.8 Å². The van der Waals surface area contributed by atoms with Crippen molar-refractivity contribution in [2.24, 2.45) is 0 Å². The van der Waals surface area contributed by atoms with Crippen molar-refractivity contribution in [2.45, 2.75) is 43.6 Å². The van der Waals surface area contributed by atoms with Crippen LogP contribution < -0.4 is 4.90 Å². The largest absolute Gasteiger partial charge is 0.356 e. The maximum absolute atomic E-state index is 13.8. The Morgan fingerprint density at radius 2 is 1.88 bits per heavy atom. The fraction of sp³-hybridized carbons (Fsp3) is 0.391. The first-order chi connectivity index (χ1) is 16.0. The summed E-state index contributed by atoms with van der Waals surface area (Å²) in [5, 5.41) is 13.5. The molecule has 0 saturated carbocycles. The molecule has 0 radical (unpaired) electrons. The highest BCUT2D eigenvalue weighted by molar-refractivity contribution is 5.88. The van der Waals surface area contributed by atoms with Crippen LogP contribution in [-0.4, -0.2) is 50.3 Å². The maximum atomic E-state index is 13.8. The van der Waals surface area contributed by atoms with Gasteiger partial charge in [0.1, 0.15) is 36.1 Å². The van der Waals surface area contributed by atoms with Crippen molar-refractivity contribution in [3.8, 4) is 6.07 Å². The topological polar surface area (TPSA) is 86.8 Å². The number of rotatable bonds is 2. The van der Waals surface area contributed by atoms with Crippen LogP contribution in [-0.2, 0) is 9.53 Å². The number of nitriles is 1. The number of hydrogen-bond donors (Lipinski definition) is 0. The summed E-state index contributed by atoms with van der Waals surface area (Å²) in [5.41, 5.74) is 0.473. The molecule has 33 heavy (non-hydrogen) atoms. The van der Waals surface area contributed by atoms with Crippen molar-refractivity contribution in [2.75, 3.05) is 18.0 Å². The number of hydrogen-bond acceptors (Lipinski definition) is 6. The number of aromatic nitrogens is 3. The quantitative estimate of drug-likeness (QED) is 0.597. The molecule has 3 aliphatic heterocycles. The van der Waals surface area contributed by atoms with E-state index in [1.54, 1.807) is 15.5 Å². The van der Waals surface area contributed by atoms with Crippen LogP contribution in [0.5, 0.6) is 0 Å². The normalized spacial score (nSPS) is 24.0. The lowest BCUT2D eigenvalue weighted by Gasteiger charge is -2.38. The zero-order chi connectivity index (χ0) is 22.7. The molecule has 0 N–H and O–H groups in total. The molecule has 3 fully saturated rings. The fourth-order valence-electron chi connectivity index (χ4n) is 5.46. The molecule has 0 aliphatic carbocycles. The molecular weight excluding hydrogens is 430 g/mol. The lowest BCUT2D eigenvalue weighted by atomic mass is 9.89. The van der Waals surface area contributed by atoms with Crippen LogP contribution in [0, 0.1) is 23.0 Å². The zero-order valence-corrected chi connectivity index (χ0v) is 17.6. The average molecular weight is 450 g/mol. The van der Waals surface area contributed by atoms with E-state index in [0.717, 1.165) is 11.9 Å². The highest BCUT2D eigenvalue weighted by Crippen LogP contribution is 2.48. The predicted molar refractivity (Wildman–Crippen MR) is 112 cm³/mol. The van der Waals surface area contributed by atoms with E-state index < -0.39 is 23.3 Å². The average Bonchev–Trinajstić information content (AvgIpc) is 3.50. The molecule has 10 heteroatoms. The van der Waals surface area contributed by atoms with Gasteiger partial charge in [0.2, 0.25) is 0 Å². The van der Waals surface area contributed by atoms with E-state index in [9.17, 15) is 18.8 Å². The van der Waals surface area contributed by atoms with Gasteiger partial charge in [0.05, 0.1) is 11.6 Å². The zero-order valence-electron chi connectivity index (χ0n) is 17.6. The molecule has 168 valence electrons. The van der Waals surface area contributed by atoms with E-state index in [-0.39, 0.29) is 12.1 Å². The van der Waals surface area contributed by atoms with Crippen molar-refractivity contribution in [3.63, 3.8) is 0 Å². The van der Waals surface area contributed by atoms with Gasteiger partial charge in [-0.3, -0.25) is 4.79 Å². The van der Waals surface area contributed by atoms with Crippen LogP contribution in [0.15, 0.2) is 36.7 Å². The predicted octanol–water partition coefficient (Wildman–Crippen LogP) is 2.94. The second-order valence-electron chi connectivity index (χ2n) is 8.77. The first kappa shape index (κ1) is 20.1. The van der Waals surface area contributed by atoms with Gasteiger partial charge in [-0.2, -0.15) is 14.9 Å². The highest BCUT2D eigenvalue weighted by atomic mass is 19.1. The Morgan fingerprint density at radius 1 is 1.12 bits per heavy atom. The smallest absolute Gasteiger partial charge is 0.257 e. The molecule has 6 rings (SSSR count). The Kier molecular flexibility index (Phi) is 4.39. The standard InChI is InChI=1S/C23H20F2N6O2/c24-16-9-15(10-17(25)11-16)18-2-4-20-30(18)22(32)23(33-20)5-7-29(8-6-23)19-3-1-14(12-26)21-27-13-28-31(19)21/h1,3,9-11,13,18,20H,2,4-8H2/t18-,20+/m0/s1. The third kappa shape index (κ3) is 2.99. The van der Waals surface area contributed by atoms with Gasteiger partial charge < -0.3 is 14.5 Å². The van der Waals surface area contributed by atoms with Gasteiger partial charge in [-0.1, -0.05) is 0 Å². The molecule has 2 aromatic heterocycles. The van der Waals surface area contributed by atoms with E-state index in [1.807, 2.05) is 6.07 Å². The minimum atomic E-state index is -0.931. The lowest BCUT2D eigenvalue weighted by Crippen LogP contribution is -2.50. The minimum absolute atomic E-state index is 0.106. The highest BCUT2D eigenvalue weighted by Gasteiger charge is 2.58. The van der Waals surface area contributed by atoms with Gasteiger partial charge in [-0.05, 0) is 42.7 Å². The number of carbonyl (C=O) groups excluding carboxylic acids is 1. The van der Waals surface area contributed by atoms with E-state index in [0.29, 0.717) is 55.5 Å². The van der Waals surface area contributed by atoms with Gasteiger partial charge in [-0.15, -0.1) is 0 Å². The van der Waals surface area contributed by atoms with Gasteiger partial charge in [0.25, 0.3) is 5.91 Å². The number of fused-ring (bicyclic) bond motifs is 2. The number of anilines is 1. The molecule has 1 spiro atoms. The molecule has 0 unspecified atom stereocenters. The van der Waals surface area contributed by atoms with E-state index >= 15 is 0 Å². The maximum Gasteiger partial charge on any atom is 0.257 e. The van der Waals surface area contributed by atoms with Crippen LogP contribution in [0.3, 0.4) is 0 Å². The number of ether oxygens (including phenoxy) is 1. The molecule has 5 heterocycles. The number of benzene rings is 1. The van der Waals surface area contributed by atoms with E-state index in [4.69, 9.17) is 4.74 Å². The number of nitrogens with zero attached hydrogens (tertiary/aromatic N) is 6. The van der Waals surface area contributed by atoms with Gasteiger partial charge in [0.15, 0.2) is 11.2 Å². The van der Waals surface area contributed by atoms with Crippen LogP contribution in [0.2, 0.25) is 0 Å². The Bertz CT molecular complexity index is 1290. The summed E-state index contributed by atoms with van der Waals surface area (Å²) in [6, 6.07) is 8.72. The minimum Gasteiger partial charge on any atom is -0.356 e. The van der Waals surface area contributed by atoms with Crippen molar-refractivity contribution in [1.82, 2.24) is 19.5 Å². The van der Waals surface area contributed by atoms with Crippen LogP contribution >= 0.6 is 0 Å². The van der Waals surface area contributed by atoms with Crippen molar-refractivity contribution < 1.29 is 18.3 Å². The number of piperidine rings is 1. The first-order valence-corrected chi connectivity index (χ1v) is 10.9. The number of carbonyl (C=O) groups is 1.